The molecule has 0 spiro atoms. The summed E-state index contributed by atoms with van der Waals surface area (Å²) in [4.78, 5) is 24.9. The number of ether oxygens (including phenoxy) is 1. The van der Waals surface area contributed by atoms with Gasteiger partial charge in [-0.25, -0.2) is 4.39 Å². The average Bonchev–Trinajstić information content (AvgIpc) is 2.80. The van der Waals surface area contributed by atoms with Crippen LogP contribution in [-0.4, -0.2) is 42.1 Å². The molecule has 0 aromatic heterocycles. The molecule has 0 bridgehead atoms. The first kappa shape index (κ1) is 14.3. The average molecular weight is 281 g/mol. The SMILES string of the molecule is COc1ccc(F)cc1C(=O)N1C[C@@H](C)[C@H](C(=O)O)C1. The number of nitrogens with zero attached hydrogens (tertiary/aromatic N) is 1. The second-order valence-corrected chi connectivity index (χ2v) is 4.98. The third-order valence-electron chi connectivity index (χ3n) is 3.61. The van der Waals surface area contributed by atoms with E-state index in [1.54, 1.807) is 6.92 Å². The first-order valence-electron chi connectivity index (χ1n) is 6.29. The van der Waals surface area contributed by atoms with Gasteiger partial charge < -0.3 is 14.7 Å². The first-order valence-corrected chi connectivity index (χ1v) is 6.29. The molecular weight excluding hydrogens is 265 g/mol. The van der Waals surface area contributed by atoms with Crippen molar-refractivity contribution in [3.8, 4) is 5.75 Å². The Morgan fingerprint density at radius 3 is 2.65 bits per heavy atom. The maximum atomic E-state index is 13.3. The van der Waals surface area contributed by atoms with Gasteiger partial charge in [-0.2, -0.15) is 0 Å². The van der Waals surface area contributed by atoms with E-state index in [2.05, 4.69) is 0 Å². The highest BCUT2D eigenvalue weighted by atomic mass is 19.1. The Balaban J connectivity index is 2.25. The van der Waals surface area contributed by atoms with Gasteiger partial charge in [0.25, 0.3) is 5.91 Å². The second kappa shape index (κ2) is 5.48. The molecule has 108 valence electrons. The fourth-order valence-corrected chi connectivity index (χ4v) is 2.47. The van der Waals surface area contributed by atoms with Crippen molar-refractivity contribution in [2.75, 3.05) is 20.2 Å². The van der Waals surface area contributed by atoms with Crippen molar-refractivity contribution in [2.24, 2.45) is 11.8 Å². The molecule has 0 radical (unpaired) electrons. The predicted octanol–water partition coefficient (Wildman–Crippen LogP) is 1.63. The zero-order chi connectivity index (χ0) is 14.9. The third-order valence-corrected chi connectivity index (χ3v) is 3.61. The van der Waals surface area contributed by atoms with Crippen LogP contribution in [0.15, 0.2) is 18.2 Å². The molecular formula is C14H16FNO4. The van der Waals surface area contributed by atoms with Crippen LogP contribution in [0.4, 0.5) is 4.39 Å². The van der Waals surface area contributed by atoms with E-state index in [-0.39, 0.29) is 23.8 Å². The summed E-state index contributed by atoms with van der Waals surface area (Å²) >= 11 is 0. The molecule has 6 heteroatoms. The van der Waals surface area contributed by atoms with Gasteiger partial charge in [0.1, 0.15) is 11.6 Å². The summed E-state index contributed by atoms with van der Waals surface area (Å²) in [5.74, 6) is -2.29. The van der Waals surface area contributed by atoms with E-state index in [1.807, 2.05) is 0 Å². The summed E-state index contributed by atoms with van der Waals surface area (Å²) in [5, 5.41) is 9.08. The number of carbonyl (C=O) groups excluding carboxylic acids is 1. The molecule has 1 heterocycles. The van der Waals surface area contributed by atoms with E-state index in [0.29, 0.717) is 6.54 Å². The molecule has 1 aromatic carbocycles. The minimum atomic E-state index is -0.918. The molecule has 1 fully saturated rings. The van der Waals surface area contributed by atoms with Gasteiger partial charge in [-0.15, -0.1) is 0 Å². The topological polar surface area (TPSA) is 66.8 Å². The van der Waals surface area contributed by atoms with Gasteiger partial charge in [0, 0.05) is 13.1 Å². The van der Waals surface area contributed by atoms with Gasteiger partial charge >= 0.3 is 5.97 Å². The van der Waals surface area contributed by atoms with Crippen LogP contribution in [0.3, 0.4) is 0 Å². The van der Waals surface area contributed by atoms with Gasteiger partial charge in [-0.3, -0.25) is 9.59 Å². The molecule has 2 rings (SSSR count). The molecule has 20 heavy (non-hydrogen) atoms. The molecule has 0 unspecified atom stereocenters. The number of aliphatic carboxylic acids is 1. The highest BCUT2D eigenvalue weighted by Crippen LogP contribution is 2.27. The zero-order valence-electron chi connectivity index (χ0n) is 11.3. The van der Waals surface area contributed by atoms with Gasteiger partial charge in [0.15, 0.2) is 0 Å². The molecule has 5 nitrogen and oxygen atoms in total. The highest BCUT2D eigenvalue weighted by molar-refractivity contribution is 5.97. The van der Waals surface area contributed by atoms with Gasteiger partial charge in [0.2, 0.25) is 0 Å². The zero-order valence-corrected chi connectivity index (χ0v) is 11.3. The lowest BCUT2D eigenvalue weighted by molar-refractivity contribution is -0.142. The number of rotatable bonds is 3. The molecule has 1 aromatic rings. The van der Waals surface area contributed by atoms with Crippen molar-refractivity contribution in [1.82, 2.24) is 4.90 Å². The summed E-state index contributed by atoms with van der Waals surface area (Å²) in [7, 11) is 1.40. The maximum Gasteiger partial charge on any atom is 0.308 e. The fraction of sp³-hybridized carbons (Fsp3) is 0.429. The fourth-order valence-electron chi connectivity index (χ4n) is 2.47. The summed E-state index contributed by atoms with van der Waals surface area (Å²) in [6.45, 7) is 2.26. The van der Waals surface area contributed by atoms with Crippen LogP contribution in [0.25, 0.3) is 0 Å². The summed E-state index contributed by atoms with van der Waals surface area (Å²) in [6, 6.07) is 3.71. The van der Waals surface area contributed by atoms with E-state index in [0.717, 1.165) is 6.07 Å². The first-order chi connectivity index (χ1) is 9.43. The van der Waals surface area contributed by atoms with E-state index >= 15 is 0 Å². The van der Waals surface area contributed by atoms with Gasteiger partial charge in [-0.1, -0.05) is 6.92 Å². The number of methoxy groups -OCH3 is 1. The summed E-state index contributed by atoms with van der Waals surface area (Å²) < 4.78 is 18.3. The molecule has 1 amide bonds. The van der Waals surface area contributed by atoms with Crippen LogP contribution in [-0.2, 0) is 4.79 Å². The number of hydrogen-bond acceptors (Lipinski definition) is 3. The number of carboxylic acid groups (broad SMARTS) is 1. The maximum absolute atomic E-state index is 13.3. The van der Waals surface area contributed by atoms with Crippen molar-refractivity contribution in [3.05, 3.63) is 29.6 Å². The molecule has 1 aliphatic rings. The van der Waals surface area contributed by atoms with E-state index < -0.39 is 23.6 Å². The highest BCUT2D eigenvalue weighted by Gasteiger charge is 2.37. The van der Waals surface area contributed by atoms with Crippen LogP contribution in [0, 0.1) is 17.7 Å². The number of halogens is 1. The number of carboxylic acids is 1. The standard InChI is InChI=1S/C14H16FNO4/c1-8-6-16(7-11(8)14(18)19)13(17)10-5-9(15)3-4-12(10)20-2/h3-5,8,11H,6-7H2,1-2H3,(H,18,19)/t8-,11-/m1/s1. The van der Waals surface area contributed by atoms with E-state index in [1.165, 1.54) is 24.1 Å². The van der Waals surface area contributed by atoms with Crippen molar-refractivity contribution in [1.29, 1.82) is 0 Å². The lowest BCUT2D eigenvalue weighted by Crippen LogP contribution is -2.30. The van der Waals surface area contributed by atoms with Crippen LogP contribution < -0.4 is 4.74 Å². The number of benzene rings is 1. The Kier molecular flexibility index (Phi) is 3.92. The Labute approximate surface area is 116 Å². The van der Waals surface area contributed by atoms with Crippen LogP contribution in [0.5, 0.6) is 5.75 Å². The largest absolute Gasteiger partial charge is 0.496 e. The third kappa shape index (κ3) is 2.59. The Bertz CT molecular complexity index is 546. The molecule has 2 atom stereocenters. The number of amides is 1. The molecule has 1 N–H and O–H groups in total. The molecule has 1 saturated heterocycles. The van der Waals surface area contributed by atoms with Crippen molar-refractivity contribution >= 4 is 11.9 Å². The van der Waals surface area contributed by atoms with Gasteiger partial charge in [0.05, 0.1) is 18.6 Å². The lowest BCUT2D eigenvalue weighted by atomic mass is 9.99. The Morgan fingerprint density at radius 1 is 1.40 bits per heavy atom. The smallest absolute Gasteiger partial charge is 0.308 e. The van der Waals surface area contributed by atoms with E-state index in [4.69, 9.17) is 9.84 Å². The summed E-state index contributed by atoms with van der Waals surface area (Å²) in [5.41, 5.74) is 0.116. The molecule has 1 aliphatic heterocycles. The minimum absolute atomic E-state index is 0.116. The van der Waals surface area contributed by atoms with Crippen LogP contribution >= 0.6 is 0 Å². The number of likely N-dealkylation sites (tertiary alicyclic amines) is 1. The minimum Gasteiger partial charge on any atom is -0.496 e. The normalized spacial score (nSPS) is 21.9. The van der Waals surface area contributed by atoms with Crippen molar-refractivity contribution < 1.29 is 23.8 Å². The second-order valence-electron chi connectivity index (χ2n) is 4.98. The van der Waals surface area contributed by atoms with Gasteiger partial charge in [-0.05, 0) is 24.1 Å². The number of hydrogen-bond donors (Lipinski definition) is 1. The Hall–Kier alpha value is -2.11. The lowest BCUT2D eigenvalue weighted by Gasteiger charge is -2.17. The van der Waals surface area contributed by atoms with Crippen LogP contribution in [0.2, 0.25) is 0 Å². The Morgan fingerprint density at radius 2 is 2.10 bits per heavy atom. The molecule has 0 aliphatic carbocycles. The van der Waals surface area contributed by atoms with E-state index in [9.17, 15) is 14.0 Å². The molecule has 0 saturated carbocycles. The quantitative estimate of drug-likeness (QED) is 0.914. The van der Waals surface area contributed by atoms with Crippen molar-refractivity contribution in [2.45, 2.75) is 6.92 Å². The van der Waals surface area contributed by atoms with Crippen LogP contribution in [0.1, 0.15) is 17.3 Å². The predicted molar refractivity (Wildman–Crippen MR) is 69.1 cm³/mol. The summed E-state index contributed by atoms with van der Waals surface area (Å²) in [6.07, 6.45) is 0. The monoisotopic (exact) mass is 281 g/mol. The number of carbonyl (C=O) groups is 2. The van der Waals surface area contributed by atoms with Crippen molar-refractivity contribution in [3.63, 3.8) is 0 Å².